The number of methoxy groups -OCH3 is 1. The molecule has 1 unspecified atom stereocenters. The Hall–Kier alpha value is -1.81. The molecule has 1 aliphatic heterocycles. The molecule has 1 atom stereocenters. The number of ether oxygens (including phenoxy) is 1. The van der Waals surface area contributed by atoms with Crippen molar-refractivity contribution >= 4 is 29.9 Å². The molecule has 0 spiro atoms. The Morgan fingerprint density at radius 3 is 2.68 bits per heavy atom. The lowest BCUT2D eigenvalue weighted by Gasteiger charge is -2.29. The van der Waals surface area contributed by atoms with E-state index in [4.69, 9.17) is 4.74 Å². The third-order valence-corrected chi connectivity index (χ3v) is 5.52. The number of halogens is 1. The summed E-state index contributed by atoms with van der Waals surface area (Å²) in [5.74, 6) is 3.30. The SMILES string of the molecule is CN=C(NCc1nccn1CC(C)C)NCC(c1cccc(OC)c1)N1CCCC1.I. The number of nitrogens with zero attached hydrogens (tertiary/aromatic N) is 4. The number of likely N-dealkylation sites (tertiary alicyclic amines) is 1. The van der Waals surface area contributed by atoms with Gasteiger partial charge in [0.05, 0.1) is 19.7 Å². The van der Waals surface area contributed by atoms with Crippen molar-refractivity contribution in [1.82, 2.24) is 25.1 Å². The molecule has 3 rings (SSSR count). The van der Waals surface area contributed by atoms with Gasteiger partial charge in [0.25, 0.3) is 0 Å². The van der Waals surface area contributed by atoms with E-state index in [0.717, 1.165) is 43.7 Å². The zero-order valence-electron chi connectivity index (χ0n) is 19.2. The molecule has 7 nitrogen and oxygen atoms in total. The highest BCUT2D eigenvalue weighted by atomic mass is 127. The number of aromatic nitrogens is 2. The van der Waals surface area contributed by atoms with Crippen LogP contribution in [0, 0.1) is 5.92 Å². The van der Waals surface area contributed by atoms with Crippen LogP contribution in [0.15, 0.2) is 41.7 Å². The summed E-state index contributed by atoms with van der Waals surface area (Å²) in [6.45, 7) is 9.09. The summed E-state index contributed by atoms with van der Waals surface area (Å²) >= 11 is 0. The predicted molar refractivity (Wildman–Crippen MR) is 137 cm³/mol. The number of benzene rings is 1. The minimum atomic E-state index is 0. The second kappa shape index (κ2) is 12.9. The normalized spacial score (nSPS) is 15.6. The third kappa shape index (κ3) is 7.38. The van der Waals surface area contributed by atoms with Crippen molar-refractivity contribution in [1.29, 1.82) is 0 Å². The number of rotatable bonds is 9. The van der Waals surface area contributed by atoms with Gasteiger partial charge in [-0.15, -0.1) is 24.0 Å². The van der Waals surface area contributed by atoms with E-state index in [2.05, 4.69) is 62.1 Å². The van der Waals surface area contributed by atoms with Crippen molar-refractivity contribution in [2.75, 3.05) is 33.8 Å². The summed E-state index contributed by atoms with van der Waals surface area (Å²) in [6, 6.07) is 8.68. The number of aliphatic imine (C=N–C) groups is 1. The lowest BCUT2D eigenvalue weighted by molar-refractivity contribution is 0.245. The van der Waals surface area contributed by atoms with E-state index < -0.39 is 0 Å². The Balaban J connectivity index is 0.00000341. The highest BCUT2D eigenvalue weighted by molar-refractivity contribution is 14.0. The van der Waals surface area contributed by atoms with E-state index in [1.165, 1.54) is 18.4 Å². The van der Waals surface area contributed by atoms with Crippen LogP contribution in [0.5, 0.6) is 5.75 Å². The minimum Gasteiger partial charge on any atom is -0.497 e. The molecule has 1 aliphatic rings. The number of guanidine groups is 1. The summed E-state index contributed by atoms with van der Waals surface area (Å²) in [4.78, 5) is 11.5. The van der Waals surface area contributed by atoms with Gasteiger partial charge in [-0.25, -0.2) is 4.98 Å². The van der Waals surface area contributed by atoms with E-state index >= 15 is 0 Å². The van der Waals surface area contributed by atoms with Gasteiger partial charge in [0.2, 0.25) is 0 Å². The fourth-order valence-electron chi connectivity index (χ4n) is 4.00. The van der Waals surface area contributed by atoms with Crippen LogP contribution in [0.4, 0.5) is 0 Å². The van der Waals surface area contributed by atoms with Gasteiger partial charge in [-0.3, -0.25) is 9.89 Å². The number of imidazole rings is 1. The molecule has 0 aliphatic carbocycles. The Kier molecular flexibility index (Phi) is 10.6. The molecule has 2 heterocycles. The average molecular weight is 540 g/mol. The molecule has 31 heavy (non-hydrogen) atoms. The van der Waals surface area contributed by atoms with Gasteiger partial charge in [0.15, 0.2) is 5.96 Å². The Morgan fingerprint density at radius 2 is 2.00 bits per heavy atom. The van der Waals surface area contributed by atoms with Crippen LogP contribution in [0.25, 0.3) is 0 Å². The van der Waals surface area contributed by atoms with Crippen LogP contribution in [0.2, 0.25) is 0 Å². The van der Waals surface area contributed by atoms with Crippen molar-refractivity contribution in [2.24, 2.45) is 10.9 Å². The molecule has 8 heteroatoms. The summed E-state index contributed by atoms with van der Waals surface area (Å²) in [6.07, 6.45) is 6.42. The van der Waals surface area contributed by atoms with Gasteiger partial charge in [-0.1, -0.05) is 26.0 Å². The first-order valence-corrected chi connectivity index (χ1v) is 10.9. The van der Waals surface area contributed by atoms with E-state index in [-0.39, 0.29) is 30.0 Å². The molecule has 0 radical (unpaired) electrons. The molecular formula is C23H37IN6O. The summed E-state index contributed by atoms with van der Waals surface area (Å²) in [7, 11) is 3.53. The lowest BCUT2D eigenvalue weighted by Crippen LogP contribution is -2.42. The first kappa shape index (κ1) is 25.5. The van der Waals surface area contributed by atoms with E-state index in [0.29, 0.717) is 12.5 Å². The summed E-state index contributed by atoms with van der Waals surface area (Å²) in [5.41, 5.74) is 1.27. The molecule has 0 bridgehead atoms. The first-order valence-electron chi connectivity index (χ1n) is 10.9. The van der Waals surface area contributed by atoms with Crippen LogP contribution >= 0.6 is 24.0 Å². The zero-order valence-corrected chi connectivity index (χ0v) is 21.5. The fraction of sp³-hybridized carbons (Fsp3) is 0.565. The summed E-state index contributed by atoms with van der Waals surface area (Å²) < 4.78 is 7.65. The van der Waals surface area contributed by atoms with Crippen molar-refractivity contribution in [2.45, 2.75) is 45.8 Å². The smallest absolute Gasteiger partial charge is 0.191 e. The monoisotopic (exact) mass is 540 g/mol. The molecule has 0 saturated carbocycles. The molecule has 0 amide bonds. The van der Waals surface area contributed by atoms with Gasteiger partial charge < -0.3 is 19.9 Å². The molecule has 1 saturated heterocycles. The maximum atomic E-state index is 5.45. The van der Waals surface area contributed by atoms with E-state index in [9.17, 15) is 0 Å². The van der Waals surface area contributed by atoms with Gasteiger partial charge in [0, 0.05) is 32.5 Å². The Labute approximate surface area is 203 Å². The lowest BCUT2D eigenvalue weighted by atomic mass is 10.1. The largest absolute Gasteiger partial charge is 0.497 e. The molecule has 1 aromatic heterocycles. The van der Waals surface area contributed by atoms with Gasteiger partial charge in [-0.2, -0.15) is 0 Å². The molecule has 2 aromatic rings. The standard InChI is InChI=1S/C23H36N6O.HI/c1-18(2)17-29-13-10-25-22(29)16-27-23(24-3)26-15-21(28-11-5-6-12-28)19-8-7-9-20(14-19)30-4;/h7-10,13-14,18,21H,5-6,11-12,15-17H2,1-4H3,(H2,24,26,27);1H. The van der Waals surface area contributed by atoms with E-state index in [1.807, 2.05) is 25.5 Å². The Bertz CT molecular complexity index is 816. The first-order chi connectivity index (χ1) is 14.6. The van der Waals surface area contributed by atoms with Crippen LogP contribution in [0.1, 0.15) is 44.1 Å². The van der Waals surface area contributed by atoms with Crippen LogP contribution in [-0.4, -0.2) is 54.2 Å². The van der Waals surface area contributed by atoms with Gasteiger partial charge >= 0.3 is 0 Å². The van der Waals surface area contributed by atoms with Gasteiger partial charge in [0.1, 0.15) is 11.6 Å². The number of hydrogen-bond donors (Lipinski definition) is 2. The van der Waals surface area contributed by atoms with Gasteiger partial charge in [-0.05, 0) is 49.5 Å². The number of hydrogen-bond acceptors (Lipinski definition) is 4. The fourth-order valence-corrected chi connectivity index (χ4v) is 4.00. The molecule has 1 fully saturated rings. The number of nitrogens with one attached hydrogen (secondary N) is 2. The van der Waals surface area contributed by atoms with Crippen molar-refractivity contribution in [3.05, 3.63) is 48.0 Å². The zero-order chi connectivity index (χ0) is 21.3. The minimum absolute atomic E-state index is 0. The van der Waals surface area contributed by atoms with Crippen molar-refractivity contribution in [3.8, 4) is 5.75 Å². The highest BCUT2D eigenvalue weighted by Gasteiger charge is 2.24. The summed E-state index contributed by atoms with van der Waals surface area (Å²) in [5, 5.41) is 6.94. The molecule has 172 valence electrons. The average Bonchev–Trinajstić information content (AvgIpc) is 3.43. The maximum absolute atomic E-state index is 5.45. The third-order valence-electron chi connectivity index (χ3n) is 5.52. The predicted octanol–water partition coefficient (Wildman–Crippen LogP) is 3.67. The topological polar surface area (TPSA) is 66.7 Å². The molecule has 2 N–H and O–H groups in total. The highest BCUT2D eigenvalue weighted by Crippen LogP contribution is 2.27. The van der Waals surface area contributed by atoms with Crippen molar-refractivity contribution < 1.29 is 4.74 Å². The van der Waals surface area contributed by atoms with Crippen LogP contribution in [-0.2, 0) is 13.1 Å². The van der Waals surface area contributed by atoms with Crippen LogP contribution in [0.3, 0.4) is 0 Å². The quantitative estimate of drug-likeness (QED) is 0.289. The van der Waals surface area contributed by atoms with Crippen molar-refractivity contribution in [3.63, 3.8) is 0 Å². The second-order valence-corrected chi connectivity index (χ2v) is 8.23. The van der Waals surface area contributed by atoms with Crippen LogP contribution < -0.4 is 15.4 Å². The molecular weight excluding hydrogens is 503 g/mol. The molecule has 1 aromatic carbocycles. The Morgan fingerprint density at radius 1 is 1.23 bits per heavy atom. The van der Waals surface area contributed by atoms with E-state index in [1.54, 1.807) is 7.11 Å². The maximum Gasteiger partial charge on any atom is 0.191 e. The second-order valence-electron chi connectivity index (χ2n) is 8.23.